The van der Waals surface area contributed by atoms with Gasteiger partial charge in [0.2, 0.25) is 5.43 Å². The molecule has 0 unspecified atom stereocenters. The molecule has 0 amide bonds. The minimum atomic E-state index is -1.31. The second kappa shape index (κ2) is 6.58. The predicted molar refractivity (Wildman–Crippen MR) is 82.3 cm³/mol. The van der Waals surface area contributed by atoms with Gasteiger partial charge in [-0.15, -0.1) is 11.3 Å². The lowest BCUT2D eigenvalue weighted by Crippen LogP contribution is -2.25. The Kier molecular flexibility index (Phi) is 4.77. The van der Waals surface area contributed by atoms with Crippen LogP contribution in [0.4, 0.5) is 0 Å². The molecule has 0 saturated carbocycles. The number of hydrogen-bond acceptors (Lipinski definition) is 6. The standard InChI is InChI=1S/C13H13N3O6S/c1-2-16-4-7(13(20)21)10(19)6-3-8(23-12(6)16)11(14)15-22-5-9(17)18/h3-4H,2,5H2,1H3,(H2,14,15)(H,17,18)(H,20,21). The zero-order valence-corrected chi connectivity index (χ0v) is 12.8. The van der Waals surface area contributed by atoms with E-state index in [0.29, 0.717) is 16.3 Å². The SMILES string of the molecule is CCn1cc(C(=O)O)c(=O)c2cc(C(=N)NOCC(=O)O)sc21. The van der Waals surface area contributed by atoms with Crippen molar-refractivity contribution in [2.24, 2.45) is 0 Å². The van der Waals surface area contributed by atoms with E-state index in [-0.39, 0.29) is 16.8 Å². The molecule has 2 rings (SSSR count). The molecule has 2 aromatic rings. The first-order valence-corrected chi connectivity index (χ1v) is 7.25. The molecule has 0 aliphatic carbocycles. The zero-order chi connectivity index (χ0) is 17.1. The molecule has 0 bridgehead atoms. The quantitative estimate of drug-likeness (QED) is 0.345. The van der Waals surface area contributed by atoms with E-state index in [4.69, 9.17) is 15.6 Å². The van der Waals surface area contributed by atoms with Crippen LogP contribution in [0.5, 0.6) is 0 Å². The molecule has 0 atom stereocenters. The number of pyridine rings is 1. The molecule has 9 nitrogen and oxygen atoms in total. The van der Waals surface area contributed by atoms with E-state index >= 15 is 0 Å². The van der Waals surface area contributed by atoms with Gasteiger partial charge in [-0.05, 0) is 13.0 Å². The largest absolute Gasteiger partial charge is 0.479 e. The monoisotopic (exact) mass is 339 g/mol. The summed E-state index contributed by atoms with van der Waals surface area (Å²) >= 11 is 1.11. The van der Waals surface area contributed by atoms with Crippen molar-refractivity contribution >= 4 is 39.3 Å². The molecule has 0 fully saturated rings. The normalized spacial score (nSPS) is 10.7. The first kappa shape index (κ1) is 16.6. The summed E-state index contributed by atoms with van der Waals surface area (Å²) in [6.07, 6.45) is 1.27. The third-order valence-corrected chi connectivity index (χ3v) is 4.12. The highest BCUT2D eigenvalue weighted by Gasteiger charge is 2.18. The molecule has 0 aromatic carbocycles. The molecule has 2 aromatic heterocycles. The summed E-state index contributed by atoms with van der Waals surface area (Å²) in [7, 11) is 0. The van der Waals surface area contributed by atoms with Gasteiger partial charge in [-0.25, -0.2) is 15.1 Å². The van der Waals surface area contributed by atoms with Gasteiger partial charge in [0, 0.05) is 12.7 Å². The van der Waals surface area contributed by atoms with E-state index in [2.05, 4.69) is 10.3 Å². The van der Waals surface area contributed by atoms with Crippen LogP contribution in [-0.4, -0.2) is 39.2 Å². The summed E-state index contributed by atoms with van der Waals surface area (Å²) in [5.74, 6) is -2.73. The van der Waals surface area contributed by atoms with Crippen LogP contribution in [0.15, 0.2) is 17.1 Å². The van der Waals surface area contributed by atoms with Crippen LogP contribution < -0.4 is 10.9 Å². The van der Waals surface area contributed by atoms with Crippen molar-refractivity contribution in [1.82, 2.24) is 10.0 Å². The molecule has 10 heteroatoms. The fourth-order valence-electron chi connectivity index (χ4n) is 1.91. The van der Waals surface area contributed by atoms with Crippen molar-refractivity contribution in [3.8, 4) is 0 Å². The smallest absolute Gasteiger partial charge is 0.341 e. The maximum Gasteiger partial charge on any atom is 0.341 e. The summed E-state index contributed by atoms with van der Waals surface area (Å²) < 4.78 is 1.61. The summed E-state index contributed by atoms with van der Waals surface area (Å²) in [5, 5.41) is 25.5. The number of thiophene rings is 1. The molecular formula is C13H13N3O6S. The van der Waals surface area contributed by atoms with Crippen LogP contribution in [-0.2, 0) is 16.2 Å². The Hall–Kier alpha value is -2.72. The maximum absolute atomic E-state index is 12.2. The Balaban J connectivity index is 2.43. The van der Waals surface area contributed by atoms with Gasteiger partial charge in [0.25, 0.3) is 0 Å². The summed E-state index contributed by atoms with van der Waals surface area (Å²) in [6.45, 7) is 1.62. The number of nitrogens with one attached hydrogen (secondary N) is 2. The van der Waals surface area contributed by atoms with Crippen molar-refractivity contribution < 1.29 is 24.6 Å². The highest BCUT2D eigenvalue weighted by Crippen LogP contribution is 2.24. The molecule has 0 radical (unpaired) electrons. The number of aliphatic carboxylic acids is 1. The second-order valence-electron chi connectivity index (χ2n) is 4.45. The van der Waals surface area contributed by atoms with Crippen molar-refractivity contribution in [1.29, 1.82) is 5.41 Å². The summed E-state index contributed by atoms with van der Waals surface area (Å²) in [4.78, 5) is 39.1. The lowest BCUT2D eigenvalue weighted by molar-refractivity contribution is -0.143. The molecule has 2 heterocycles. The van der Waals surface area contributed by atoms with Crippen LogP contribution >= 0.6 is 11.3 Å². The number of fused-ring (bicyclic) bond motifs is 1. The van der Waals surface area contributed by atoms with E-state index in [1.807, 2.05) is 0 Å². The average molecular weight is 339 g/mol. The average Bonchev–Trinajstić information content (AvgIpc) is 2.92. The van der Waals surface area contributed by atoms with Gasteiger partial charge in [0.05, 0.1) is 10.3 Å². The second-order valence-corrected chi connectivity index (χ2v) is 5.48. The Bertz CT molecular complexity index is 853. The molecular weight excluding hydrogens is 326 g/mol. The maximum atomic E-state index is 12.2. The van der Waals surface area contributed by atoms with Crippen LogP contribution in [0.1, 0.15) is 22.2 Å². The molecule has 4 N–H and O–H groups in total. The first-order valence-electron chi connectivity index (χ1n) is 6.44. The van der Waals surface area contributed by atoms with Gasteiger partial charge in [-0.3, -0.25) is 15.0 Å². The lowest BCUT2D eigenvalue weighted by atomic mass is 10.2. The van der Waals surface area contributed by atoms with Gasteiger partial charge >= 0.3 is 11.9 Å². The minimum absolute atomic E-state index is 0.191. The van der Waals surface area contributed by atoms with Gasteiger partial charge in [0.15, 0.2) is 12.4 Å². The molecule has 0 aliphatic heterocycles. The minimum Gasteiger partial charge on any atom is -0.479 e. The highest BCUT2D eigenvalue weighted by atomic mass is 32.1. The number of hydrogen-bond donors (Lipinski definition) is 4. The fourth-order valence-corrected chi connectivity index (χ4v) is 3.00. The summed E-state index contributed by atoms with van der Waals surface area (Å²) in [5.41, 5.74) is 1.20. The number of hydroxylamine groups is 1. The molecule has 122 valence electrons. The number of amidine groups is 1. The van der Waals surface area contributed by atoms with Crippen molar-refractivity contribution in [3.63, 3.8) is 0 Å². The van der Waals surface area contributed by atoms with Crippen LogP contribution in [0.25, 0.3) is 10.2 Å². The lowest BCUT2D eigenvalue weighted by Gasteiger charge is -2.05. The van der Waals surface area contributed by atoms with Gasteiger partial charge < -0.3 is 14.8 Å². The number of rotatable bonds is 6. The molecule has 23 heavy (non-hydrogen) atoms. The summed E-state index contributed by atoms with van der Waals surface area (Å²) in [6, 6.07) is 1.39. The number of carboxylic acids is 2. The number of carbonyl (C=O) groups is 2. The third kappa shape index (κ3) is 3.38. The molecule has 0 spiro atoms. The molecule has 0 saturated heterocycles. The van der Waals surface area contributed by atoms with Gasteiger partial charge in [-0.2, -0.15) is 0 Å². The number of aromatic carboxylic acids is 1. The number of aromatic nitrogens is 1. The number of carboxylic acid groups (broad SMARTS) is 2. The zero-order valence-electron chi connectivity index (χ0n) is 12.0. The van der Waals surface area contributed by atoms with E-state index in [0.717, 1.165) is 11.3 Å². The number of nitrogens with zero attached hydrogens (tertiary/aromatic N) is 1. The third-order valence-electron chi connectivity index (χ3n) is 2.93. The first-order chi connectivity index (χ1) is 10.8. The van der Waals surface area contributed by atoms with E-state index in [1.165, 1.54) is 12.3 Å². The van der Waals surface area contributed by atoms with E-state index in [1.54, 1.807) is 11.5 Å². The van der Waals surface area contributed by atoms with Crippen LogP contribution in [0.3, 0.4) is 0 Å². The Morgan fingerprint density at radius 2 is 2.13 bits per heavy atom. The van der Waals surface area contributed by atoms with Crippen molar-refractivity contribution in [3.05, 3.63) is 32.9 Å². The van der Waals surface area contributed by atoms with Crippen molar-refractivity contribution in [2.45, 2.75) is 13.5 Å². The Morgan fingerprint density at radius 1 is 1.43 bits per heavy atom. The molecule has 0 aliphatic rings. The number of aryl methyl sites for hydroxylation is 1. The van der Waals surface area contributed by atoms with Crippen LogP contribution in [0.2, 0.25) is 0 Å². The van der Waals surface area contributed by atoms with Crippen molar-refractivity contribution in [2.75, 3.05) is 6.61 Å². The Labute approximate surface area is 133 Å². The topological polar surface area (TPSA) is 142 Å². The fraction of sp³-hybridized carbons (Fsp3) is 0.231. The van der Waals surface area contributed by atoms with E-state index in [9.17, 15) is 14.4 Å². The van der Waals surface area contributed by atoms with Crippen LogP contribution in [0, 0.1) is 5.41 Å². The van der Waals surface area contributed by atoms with E-state index < -0.39 is 24.0 Å². The Morgan fingerprint density at radius 3 is 2.70 bits per heavy atom. The van der Waals surface area contributed by atoms with Gasteiger partial charge in [-0.1, -0.05) is 0 Å². The van der Waals surface area contributed by atoms with Gasteiger partial charge in [0.1, 0.15) is 10.4 Å². The highest BCUT2D eigenvalue weighted by molar-refractivity contribution is 7.20. The predicted octanol–water partition coefficient (Wildman–Crippen LogP) is 0.712.